The summed E-state index contributed by atoms with van der Waals surface area (Å²) in [5, 5.41) is 9.64. The maximum atomic E-state index is 14.3. The smallest absolute Gasteiger partial charge is 0.233 e. The van der Waals surface area contributed by atoms with Crippen molar-refractivity contribution in [2.24, 2.45) is 5.41 Å². The molecule has 2 fully saturated rings. The van der Waals surface area contributed by atoms with Gasteiger partial charge in [-0.25, -0.2) is 8.78 Å². The molecule has 0 bridgehead atoms. The van der Waals surface area contributed by atoms with Gasteiger partial charge in [0.2, 0.25) is 5.91 Å². The second kappa shape index (κ2) is 6.43. The zero-order valence-electron chi connectivity index (χ0n) is 14.2. The van der Waals surface area contributed by atoms with Crippen molar-refractivity contribution in [1.82, 2.24) is 4.90 Å². The third kappa shape index (κ3) is 2.73. The molecule has 0 unspecified atom stereocenters. The molecule has 2 aliphatic rings. The third-order valence-corrected chi connectivity index (χ3v) is 6.26. The number of benzene rings is 1. The number of amides is 1. The van der Waals surface area contributed by atoms with Crippen molar-refractivity contribution in [2.45, 2.75) is 50.9 Å². The molecule has 3 nitrogen and oxygen atoms in total. The second-order valence-electron chi connectivity index (χ2n) is 7.36. The minimum atomic E-state index is -0.830. The van der Waals surface area contributed by atoms with E-state index in [1.165, 1.54) is 12.1 Å². The summed E-state index contributed by atoms with van der Waals surface area (Å²) in [5.41, 5.74) is -0.594. The van der Waals surface area contributed by atoms with Crippen LogP contribution in [-0.4, -0.2) is 35.6 Å². The van der Waals surface area contributed by atoms with Gasteiger partial charge in [-0.1, -0.05) is 19.4 Å². The normalized spacial score (nSPS) is 22.1. The SMILES string of the molecule is CCC1(CO)CCN(C(=O)C2(c3ccc(F)cc3F)CCC2)CC1. The molecule has 1 aromatic carbocycles. The highest BCUT2D eigenvalue weighted by Crippen LogP contribution is 2.47. The average molecular weight is 337 g/mol. The van der Waals surface area contributed by atoms with Gasteiger partial charge in [-0.3, -0.25) is 4.79 Å². The average Bonchev–Trinajstić information content (AvgIpc) is 2.55. The largest absolute Gasteiger partial charge is 0.396 e. The summed E-state index contributed by atoms with van der Waals surface area (Å²) < 4.78 is 27.5. The lowest BCUT2D eigenvalue weighted by molar-refractivity contribution is -0.144. The molecular weight excluding hydrogens is 312 g/mol. The molecule has 0 spiro atoms. The van der Waals surface area contributed by atoms with E-state index in [2.05, 4.69) is 6.92 Å². The Morgan fingerprint density at radius 3 is 2.33 bits per heavy atom. The van der Waals surface area contributed by atoms with E-state index in [0.29, 0.717) is 31.5 Å². The predicted octanol–water partition coefficient (Wildman–Crippen LogP) is 3.40. The van der Waals surface area contributed by atoms with Gasteiger partial charge < -0.3 is 10.0 Å². The Labute approximate surface area is 141 Å². The van der Waals surface area contributed by atoms with Crippen LogP contribution in [-0.2, 0) is 10.2 Å². The highest BCUT2D eigenvalue weighted by molar-refractivity contribution is 5.89. The molecule has 0 atom stereocenters. The maximum Gasteiger partial charge on any atom is 0.233 e. The quantitative estimate of drug-likeness (QED) is 0.915. The number of carbonyl (C=O) groups excluding carboxylic acids is 1. The van der Waals surface area contributed by atoms with Crippen LogP contribution >= 0.6 is 0 Å². The van der Waals surface area contributed by atoms with Crippen molar-refractivity contribution >= 4 is 5.91 Å². The number of aliphatic hydroxyl groups is 1. The molecule has 3 rings (SSSR count). The topological polar surface area (TPSA) is 40.5 Å². The van der Waals surface area contributed by atoms with Crippen LogP contribution in [0.2, 0.25) is 0 Å². The molecule has 1 saturated carbocycles. The van der Waals surface area contributed by atoms with Crippen LogP contribution in [0.25, 0.3) is 0 Å². The van der Waals surface area contributed by atoms with Crippen molar-refractivity contribution in [3.8, 4) is 0 Å². The van der Waals surface area contributed by atoms with Crippen molar-refractivity contribution in [3.63, 3.8) is 0 Å². The van der Waals surface area contributed by atoms with Gasteiger partial charge in [0.15, 0.2) is 0 Å². The van der Waals surface area contributed by atoms with E-state index in [0.717, 1.165) is 31.7 Å². The number of halogens is 2. The van der Waals surface area contributed by atoms with E-state index < -0.39 is 17.0 Å². The molecule has 1 amide bonds. The summed E-state index contributed by atoms with van der Waals surface area (Å²) in [5.74, 6) is -1.29. The van der Waals surface area contributed by atoms with Gasteiger partial charge in [0.25, 0.3) is 0 Å². The number of carbonyl (C=O) groups is 1. The summed E-state index contributed by atoms with van der Waals surface area (Å²) in [4.78, 5) is 14.9. The van der Waals surface area contributed by atoms with E-state index in [1.807, 2.05) is 4.90 Å². The molecule has 132 valence electrons. The van der Waals surface area contributed by atoms with Crippen LogP contribution in [0.5, 0.6) is 0 Å². The van der Waals surface area contributed by atoms with E-state index in [1.54, 1.807) is 0 Å². The van der Waals surface area contributed by atoms with E-state index in [9.17, 15) is 18.7 Å². The fourth-order valence-corrected chi connectivity index (χ4v) is 4.12. The van der Waals surface area contributed by atoms with E-state index in [-0.39, 0.29) is 17.9 Å². The highest BCUT2D eigenvalue weighted by atomic mass is 19.1. The first-order chi connectivity index (χ1) is 11.5. The Bertz CT molecular complexity index is 614. The molecule has 1 aliphatic heterocycles. The minimum absolute atomic E-state index is 0.0399. The summed E-state index contributed by atoms with van der Waals surface area (Å²) in [6.45, 7) is 3.40. The van der Waals surface area contributed by atoms with Gasteiger partial charge in [0, 0.05) is 31.3 Å². The molecule has 1 saturated heterocycles. The van der Waals surface area contributed by atoms with Crippen LogP contribution in [0, 0.1) is 17.0 Å². The first-order valence-corrected chi connectivity index (χ1v) is 8.82. The van der Waals surface area contributed by atoms with Crippen molar-refractivity contribution < 1.29 is 18.7 Å². The highest BCUT2D eigenvalue weighted by Gasteiger charge is 2.50. The zero-order valence-corrected chi connectivity index (χ0v) is 14.2. The molecule has 1 aromatic rings. The fraction of sp³-hybridized carbons (Fsp3) is 0.632. The van der Waals surface area contributed by atoms with Crippen LogP contribution in [0.3, 0.4) is 0 Å². The summed E-state index contributed by atoms with van der Waals surface area (Å²) in [7, 11) is 0. The molecule has 5 heteroatoms. The number of hydrogen-bond donors (Lipinski definition) is 1. The Kier molecular flexibility index (Phi) is 4.65. The van der Waals surface area contributed by atoms with Crippen LogP contribution in [0.4, 0.5) is 8.78 Å². The van der Waals surface area contributed by atoms with Crippen molar-refractivity contribution in [2.75, 3.05) is 19.7 Å². The van der Waals surface area contributed by atoms with Gasteiger partial charge in [-0.2, -0.15) is 0 Å². The van der Waals surface area contributed by atoms with Crippen LogP contribution in [0.15, 0.2) is 18.2 Å². The molecule has 0 radical (unpaired) electrons. The van der Waals surface area contributed by atoms with Gasteiger partial charge in [0.05, 0.1) is 5.41 Å². The van der Waals surface area contributed by atoms with Crippen molar-refractivity contribution in [1.29, 1.82) is 0 Å². The fourth-order valence-electron chi connectivity index (χ4n) is 4.12. The Morgan fingerprint density at radius 2 is 1.88 bits per heavy atom. The van der Waals surface area contributed by atoms with Gasteiger partial charge >= 0.3 is 0 Å². The van der Waals surface area contributed by atoms with Crippen LogP contribution in [0.1, 0.15) is 51.0 Å². The first-order valence-electron chi connectivity index (χ1n) is 8.82. The Balaban J connectivity index is 1.80. The minimum Gasteiger partial charge on any atom is -0.396 e. The molecular formula is C19H25F2NO2. The molecule has 24 heavy (non-hydrogen) atoms. The Morgan fingerprint density at radius 1 is 1.21 bits per heavy atom. The van der Waals surface area contributed by atoms with Gasteiger partial charge in [0.1, 0.15) is 11.6 Å². The summed E-state index contributed by atoms with van der Waals surface area (Å²) in [6, 6.07) is 3.53. The standard InChI is InChI=1S/C19H25F2NO2/c1-2-18(13-23)8-10-22(11-9-18)17(24)19(6-3-7-19)15-5-4-14(20)12-16(15)21/h4-5,12,23H,2-3,6-11,13H2,1H3. The molecule has 1 heterocycles. The number of piperidine rings is 1. The van der Waals surface area contributed by atoms with E-state index in [4.69, 9.17) is 0 Å². The Hall–Kier alpha value is -1.49. The summed E-state index contributed by atoms with van der Waals surface area (Å²) in [6.07, 6.45) is 4.55. The second-order valence-corrected chi connectivity index (χ2v) is 7.36. The van der Waals surface area contributed by atoms with Crippen molar-refractivity contribution in [3.05, 3.63) is 35.4 Å². The number of aliphatic hydroxyl groups excluding tert-OH is 1. The number of hydrogen-bond acceptors (Lipinski definition) is 2. The van der Waals surface area contributed by atoms with Gasteiger partial charge in [-0.15, -0.1) is 0 Å². The molecule has 1 aliphatic carbocycles. The lowest BCUT2D eigenvalue weighted by atomic mass is 9.63. The number of likely N-dealkylation sites (tertiary alicyclic amines) is 1. The van der Waals surface area contributed by atoms with E-state index >= 15 is 0 Å². The predicted molar refractivity (Wildman–Crippen MR) is 87.5 cm³/mol. The number of nitrogens with zero attached hydrogens (tertiary/aromatic N) is 1. The molecule has 1 N–H and O–H groups in total. The summed E-state index contributed by atoms with van der Waals surface area (Å²) >= 11 is 0. The van der Waals surface area contributed by atoms with Crippen LogP contribution < -0.4 is 0 Å². The van der Waals surface area contributed by atoms with Gasteiger partial charge in [-0.05, 0) is 43.6 Å². The third-order valence-electron chi connectivity index (χ3n) is 6.26. The number of rotatable bonds is 4. The lowest BCUT2D eigenvalue weighted by Gasteiger charge is -2.47. The lowest BCUT2D eigenvalue weighted by Crippen LogP contribution is -2.54. The zero-order chi connectivity index (χ0) is 17.4. The maximum absolute atomic E-state index is 14.3. The first kappa shape index (κ1) is 17.3. The molecule has 0 aromatic heterocycles. The monoisotopic (exact) mass is 337 g/mol.